The molecule has 0 radical (unpaired) electrons. The summed E-state index contributed by atoms with van der Waals surface area (Å²) in [5.74, 6) is -0.377. The number of aliphatic hydroxyl groups is 1. The van der Waals surface area contributed by atoms with E-state index in [4.69, 9.17) is 14.9 Å². The Morgan fingerprint density at radius 2 is 2.21 bits per heavy atom. The molecule has 0 spiro atoms. The molecule has 0 bridgehead atoms. The molecular formula is C10H12O4. The number of carbonyl (C=O) groups is 1. The standard InChI is InChI=1S/C10H12O4/c1-7-6-8(12)2-3-9(7)10(13)14-5-4-11/h2-3,6,11-12H,4-5H2,1H3. The molecule has 0 saturated heterocycles. The maximum Gasteiger partial charge on any atom is 0.338 e. The van der Waals surface area contributed by atoms with Gasteiger partial charge < -0.3 is 14.9 Å². The SMILES string of the molecule is Cc1cc(O)ccc1C(=O)OCCO. The summed E-state index contributed by atoms with van der Waals surface area (Å²) in [6, 6.07) is 4.39. The van der Waals surface area contributed by atoms with E-state index in [1.165, 1.54) is 18.2 Å². The molecule has 1 aromatic rings. The highest BCUT2D eigenvalue weighted by molar-refractivity contribution is 5.91. The van der Waals surface area contributed by atoms with Gasteiger partial charge in [0.05, 0.1) is 12.2 Å². The quantitative estimate of drug-likeness (QED) is 0.703. The van der Waals surface area contributed by atoms with E-state index in [0.717, 1.165) is 0 Å². The predicted octanol–water partition coefficient (Wildman–Crippen LogP) is 0.850. The minimum absolute atomic E-state index is 0.0147. The number of esters is 1. The van der Waals surface area contributed by atoms with Gasteiger partial charge in [0.15, 0.2) is 0 Å². The molecule has 0 heterocycles. The highest BCUT2D eigenvalue weighted by atomic mass is 16.5. The molecule has 76 valence electrons. The van der Waals surface area contributed by atoms with Gasteiger partial charge in [-0.1, -0.05) is 0 Å². The average Bonchev–Trinajstić information content (AvgIpc) is 2.14. The summed E-state index contributed by atoms with van der Waals surface area (Å²) in [6.45, 7) is 1.50. The number of aromatic hydroxyl groups is 1. The first-order valence-electron chi connectivity index (χ1n) is 4.22. The third-order valence-corrected chi connectivity index (χ3v) is 1.75. The normalized spacial score (nSPS) is 9.86. The minimum Gasteiger partial charge on any atom is -0.508 e. The second-order valence-corrected chi connectivity index (χ2v) is 2.86. The Hall–Kier alpha value is -1.55. The number of benzene rings is 1. The topological polar surface area (TPSA) is 66.8 Å². The first-order chi connectivity index (χ1) is 6.65. The van der Waals surface area contributed by atoms with Gasteiger partial charge in [0.1, 0.15) is 12.4 Å². The molecule has 0 saturated carbocycles. The van der Waals surface area contributed by atoms with E-state index in [1.807, 2.05) is 0 Å². The molecule has 0 aliphatic rings. The maximum atomic E-state index is 11.3. The van der Waals surface area contributed by atoms with Crippen molar-refractivity contribution in [1.29, 1.82) is 0 Å². The van der Waals surface area contributed by atoms with Crippen molar-refractivity contribution in [3.63, 3.8) is 0 Å². The average molecular weight is 196 g/mol. The number of carbonyl (C=O) groups excluding carboxylic acids is 1. The number of phenolic OH excluding ortho intramolecular Hbond substituents is 1. The van der Waals surface area contributed by atoms with Gasteiger partial charge in [-0.05, 0) is 30.7 Å². The second-order valence-electron chi connectivity index (χ2n) is 2.86. The number of rotatable bonds is 3. The van der Waals surface area contributed by atoms with Gasteiger partial charge in [-0.15, -0.1) is 0 Å². The van der Waals surface area contributed by atoms with Gasteiger partial charge in [0, 0.05) is 0 Å². The fourth-order valence-electron chi connectivity index (χ4n) is 1.09. The molecule has 0 fully saturated rings. The van der Waals surface area contributed by atoms with Crippen LogP contribution in [0.1, 0.15) is 15.9 Å². The molecular weight excluding hydrogens is 184 g/mol. The van der Waals surface area contributed by atoms with E-state index in [0.29, 0.717) is 11.1 Å². The first-order valence-corrected chi connectivity index (χ1v) is 4.22. The Balaban J connectivity index is 2.80. The Bertz CT molecular complexity index is 333. The highest BCUT2D eigenvalue weighted by Gasteiger charge is 2.09. The zero-order valence-corrected chi connectivity index (χ0v) is 7.86. The molecule has 0 aliphatic heterocycles. The minimum atomic E-state index is -0.489. The maximum absolute atomic E-state index is 11.3. The van der Waals surface area contributed by atoms with Crippen molar-refractivity contribution >= 4 is 5.97 Å². The summed E-state index contributed by atoms with van der Waals surface area (Å²) in [4.78, 5) is 11.3. The van der Waals surface area contributed by atoms with Crippen molar-refractivity contribution in [3.05, 3.63) is 29.3 Å². The van der Waals surface area contributed by atoms with Gasteiger partial charge in [-0.2, -0.15) is 0 Å². The summed E-state index contributed by atoms with van der Waals surface area (Å²) < 4.78 is 4.73. The summed E-state index contributed by atoms with van der Waals surface area (Å²) >= 11 is 0. The number of aryl methyl sites for hydroxylation is 1. The van der Waals surface area contributed by atoms with E-state index in [9.17, 15) is 4.79 Å². The molecule has 4 nitrogen and oxygen atoms in total. The molecule has 0 aromatic heterocycles. The third-order valence-electron chi connectivity index (χ3n) is 1.75. The summed E-state index contributed by atoms with van der Waals surface area (Å²) in [7, 11) is 0. The van der Waals surface area contributed by atoms with Crippen LogP contribution in [-0.4, -0.2) is 29.4 Å². The fraction of sp³-hybridized carbons (Fsp3) is 0.300. The van der Waals surface area contributed by atoms with Crippen molar-refractivity contribution in [2.45, 2.75) is 6.92 Å². The molecule has 0 amide bonds. The monoisotopic (exact) mass is 196 g/mol. The Labute approximate surface area is 81.8 Å². The lowest BCUT2D eigenvalue weighted by Gasteiger charge is -2.05. The number of aliphatic hydroxyl groups excluding tert-OH is 1. The lowest BCUT2D eigenvalue weighted by molar-refractivity contribution is 0.0433. The van der Waals surface area contributed by atoms with Crippen LogP contribution in [-0.2, 0) is 4.74 Å². The van der Waals surface area contributed by atoms with Gasteiger partial charge in [0.25, 0.3) is 0 Å². The van der Waals surface area contributed by atoms with Crippen LogP contribution < -0.4 is 0 Å². The molecule has 1 rings (SSSR count). The van der Waals surface area contributed by atoms with Gasteiger partial charge in [0.2, 0.25) is 0 Å². The van der Waals surface area contributed by atoms with Crippen LogP contribution in [0.2, 0.25) is 0 Å². The zero-order valence-electron chi connectivity index (χ0n) is 7.86. The van der Waals surface area contributed by atoms with Crippen LogP contribution in [0.3, 0.4) is 0 Å². The van der Waals surface area contributed by atoms with E-state index < -0.39 is 5.97 Å². The molecule has 4 heteroatoms. The van der Waals surface area contributed by atoms with E-state index in [-0.39, 0.29) is 19.0 Å². The highest BCUT2D eigenvalue weighted by Crippen LogP contribution is 2.16. The van der Waals surface area contributed by atoms with Crippen molar-refractivity contribution in [2.24, 2.45) is 0 Å². The molecule has 2 N–H and O–H groups in total. The Kier molecular flexibility index (Phi) is 3.48. The predicted molar refractivity (Wildman–Crippen MR) is 50.2 cm³/mol. The largest absolute Gasteiger partial charge is 0.508 e. The van der Waals surface area contributed by atoms with Gasteiger partial charge in [-0.3, -0.25) is 0 Å². The molecule has 0 aliphatic carbocycles. The zero-order chi connectivity index (χ0) is 10.6. The second kappa shape index (κ2) is 4.62. The Morgan fingerprint density at radius 3 is 2.79 bits per heavy atom. The van der Waals surface area contributed by atoms with E-state index >= 15 is 0 Å². The van der Waals surface area contributed by atoms with Crippen LogP contribution in [0.5, 0.6) is 5.75 Å². The smallest absolute Gasteiger partial charge is 0.338 e. The van der Waals surface area contributed by atoms with Crippen molar-refractivity contribution in [2.75, 3.05) is 13.2 Å². The number of hydrogen-bond acceptors (Lipinski definition) is 4. The molecule has 0 unspecified atom stereocenters. The third kappa shape index (κ3) is 2.47. The van der Waals surface area contributed by atoms with Crippen LogP contribution in [0.25, 0.3) is 0 Å². The van der Waals surface area contributed by atoms with Gasteiger partial charge in [-0.25, -0.2) is 4.79 Å². The van der Waals surface area contributed by atoms with Crippen molar-refractivity contribution in [1.82, 2.24) is 0 Å². The number of hydrogen-bond donors (Lipinski definition) is 2. The fourth-order valence-corrected chi connectivity index (χ4v) is 1.09. The molecule has 0 atom stereocenters. The molecule has 14 heavy (non-hydrogen) atoms. The molecule has 1 aromatic carbocycles. The van der Waals surface area contributed by atoms with Gasteiger partial charge >= 0.3 is 5.97 Å². The van der Waals surface area contributed by atoms with E-state index in [1.54, 1.807) is 6.92 Å². The van der Waals surface area contributed by atoms with E-state index in [2.05, 4.69) is 0 Å². The van der Waals surface area contributed by atoms with Crippen LogP contribution in [0.15, 0.2) is 18.2 Å². The Morgan fingerprint density at radius 1 is 1.50 bits per heavy atom. The summed E-state index contributed by atoms with van der Waals surface area (Å²) in [5, 5.41) is 17.6. The van der Waals surface area contributed by atoms with Crippen molar-refractivity contribution in [3.8, 4) is 5.75 Å². The van der Waals surface area contributed by atoms with Crippen LogP contribution in [0, 0.1) is 6.92 Å². The summed E-state index contributed by atoms with van der Waals surface area (Å²) in [6.07, 6.45) is 0. The first kappa shape index (κ1) is 10.5. The lowest BCUT2D eigenvalue weighted by Crippen LogP contribution is -2.09. The van der Waals surface area contributed by atoms with Crippen molar-refractivity contribution < 1.29 is 19.7 Å². The summed E-state index contributed by atoms with van der Waals surface area (Å²) in [5.41, 5.74) is 1.05. The number of phenols is 1. The van der Waals surface area contributed by atoms with Crippen LogP contribution in [0.4, 0.5) is 0 Å². The van der Waals surface area contributed by atoms with Crippen LogP contribution >= 0.6 is 0 Å². The lowest BCUT2D eigenvalue weighted by atomic mass is 10.1. The number of ether oxygens (including phenoxy) is 1.